The van der Waals surface area contributed by atoms with E-state index in [2.05, 4.69) is 21.4 Å². The number of nitrogens with two attached hydrogens (primary N) is 1. The van der Waals surface area contributed by atoms with E-state index in [-0.39, 0.29) is 8.88 Å². The van der Waals surface area contributed by atoms with Gasteiger partial charge < -0.3 is 26.1 Å². The van der Waals surface area contributed by atoms with E-state index in [9.17, 15) is 4.79 Å². The monoisotopic (exact) mass is 359 g/mol. The summed E-state index contributed by atoms with van der Waals surface area (Å²) < 4.78 is 5.29. The van der Waals surface area contributed by atoms with Crippen LogP contribution in [0.3, 0.4) is 0 Å². The molecule has 6 N–H and O–H groups in total. The Balaban J connectivity index is 0.00000364. The number of carbonyl (C=O) groups excluding carboxylic acids is 1. The molecule has 0 saturated heterocycles. The molecule has 2 aromatic carbocycles. The highest BCUT2D eigenvalue weighted by molar-refractivity contribution is 6.00. The predicted molar refractivity (Wildman–Crippen MR) is 110 cm³/mol. The maximum absolute atomic E-state index is 12.1. The summed E-state index contributed by atoms with van der Waals surface area (Å²) in [6, 6.07) is 14.7. The zero-order chi connectivity index (χ0) is 18.8. The summed E-state index contributed by atoms with van der Waals surface area (Å²) in [6.45, 7) is 4.88. The fourth-order valence-electron chi connectivity index (χ4n) is 2.16. The average molecular weight is 359 g/mol. The summed E-state index contributed by atoms with van der Waals surface area (Å²) in [7, 11) is 0. The van der Waals surface area contributed by atoms with Crippen LogP contribution in [0.5, 0.6) is 0 Å². The van der Waals surface area contributed by atoms with Crippen molar-refractivity contribution >= 4 is 23.1 Å². The largest absolute Gasteiger partial charge is 0.375 e. The van der Waals surface area contributed by atoms with Crippen molar-refractivity contribution in [2.45, 2.75) is 13.8 Å². The molecule has 0 spiro atoms. The normalized spacial score (nSPS) is 11.0. The van der Waals surface area contributed by atoms with Crippen molar-refractivity contribution in [1.29, 1.82) is 0 Å². The van der Waals surface area contributed by atoms with Gasteiger partial charge in [0.15, 0.2) is 0 Å². The van der Waals surface area contributed by atoms with E-state index < -0.39 is 0 Å². The first-order valence-electron chi connectivity index (χ1n) is 8.36. The number of rotatable bonds is 8. The van der Waals surface area contributed by atoms with Gasteiger partial charge in [0.2, 0.25) is 0 Å². The molecular formula is C19H29N5O2. The number of aryl methyl sites for hydroxylation is 1. The van der Waals surface area contributed by atoms with Crippen LogP contribution in [0.2, 0.25) is 0 Å². The lowest BCUT2D eigenvalue weighted by molar-refractivity contribution is 0.166. The molecule has 0 aliphatic rings. The fourth-order valence-corrected chi connectivity index (χ4v) is 2.16. The van der Waals surface area contributed by atoms with Crippen molar-refractivity contribution < 1.29 is 12.4 Å². The third-order valence-corrected chi connectivity index (χ3v) is 3.60. The van der Waals surface area contributed by atoms with E-state index in [1.54, 1.807) is 6.20 Å². The molecule has 0 saturated carbocycles. The van der Waals surface area contributed by atoms with Crippen LogP contribution in [0.25, 0.3) is 0 Å². The molecule has 26 heavy (non-hydrogen) atoms. The van der Waals surface area contributed by atoms with Crippen LogP contribution >= 0.6 is 0 Å². The standard InChI is InChI=1S/C19H25N5O2.2H2/c1-3-26-13-17(24-20)12-21-15-8-10-16(11-9-15)22-19(25)23-18-7-5-4-6-14(18)2;;/h4-12,21,24H,3,13,20H2,1-2H3,(H2,22,23,25);2*1H/b17-12-;;. The Hall–Kier alpha value is -3.03. The number of para-hydroxylation sites is 1. The van der Waals surface area contributed by atoms with Gasteiger partial charge in [-0.3, -0.25) is 5.84 Å². The molecule has 0 fully saturated rings. The molecule has 7 heteroatoms. The first-order chi connectivity index (χ1) is 12.6. The minimum Gasteiger partial charge on any atom is -0.375 e. The highest BCUT2D eigenvalue weighted by atomic mass is 16.5. The molecule has 0 aliphatic carbocycles. The van der Waals surface area contributed by atoms with Gasteiger partial charge in [0, 0.05) is 32.7 Å². The Kier molecular flexibility index (Phi) is 7.48. The van der Waals surface area contributed by atoms with Crippen LogP contribution in [0.1, 0.15) is 15.3 Å². The zero-order valence-electron chi connectivity index (χ0n) is 15.0. The molecule has 2 rings (SSSR count). The van der Waals surface area contributed by atoms with E-state index in [1.807, 2.05) is 62.4 Å². The van der Waals surface area contributed by atoms with Gasteiger partial charge in [0.25, 0.3) is 0 Å². The van der Waals surface area contributed by atoms with E-state index in [4.69, 9.17) is 10.6 Å². The van der Waals surface area contributed by atoms with Gasteiger partial charge in [-0.2, -0.15) is 0 Å². The third kappa shape index (κ3) is 6.12. The molecule has 2 aromatic rings. The molecule has 7 nitrogen and oxygen atoms in total. The Bertz CT molecular complexity index is 754. The molecule has 0 radical (unpaired) electrons. The quantitative estimate of drug-likeness (QED) is 0.364. The summed E-state index contributed by atoms with van der Waals surface area (Å²) in [6.07, 6.45) is 1.74. The summed E-state index contributed by atoms with van der Waals surface area (Å²) in [5.74, 6) is 5.44. The molecule has 0 unspecified atom stereocenters. The van der Waals surface area contributed by atoms with E-state index in [1.165, 1.54) is 0 Å². The van der Waals surface area contributed by atoms with Crippen LogP contribution < -0.4 is 27.2 Å². The third-order valence-electron chi connectivity index (χ3n) is 3.60. The minimum atomic E-state index is -0.286. The lowest BCUT2D eigenvalue weighted by atomic mass is 10.2. The molecule has 0 atom stereocenters. The molecule has 2 amide bonds. The smallest absolute Gasteiger partial charge is 0.323 e. The SMILES string of the molecule is CCOC/C(=C/Nc1ccc(NC(=O)Nc2ccccc2C)cc1)NN.[HH].[HH]. The molecule has 0 bridgehead atoms. The van der Waals surface area contributed by atoms with Crippen molar-refractivity contribution in [3.8, 4) is 0 Å². The summed E-state index contributed by atoms with van der Waals surface area (Å²) in [5.41, 5.74) is 6.65. The number of hydrogen-bond acceptors (Lipinski definition) is 5. The van der Waals surface area contributed by atoms with Crippen molar-refractivity contribution in [3.05, 3.63) is 66.0 Å². The van der Waals surface area contributed by atoms with Crippen LogP contribution in [0, 0.1) is 6.92 Å². The Morgan fingerprint density at radius 3 is 2.46 bits per heavy atom. The molecular weight excluding hydrogens is 330 g/mol. The van der Waals surface area contributed by atoms with Crippen LogP contribution in [-0.4, -0.2) is 19.2 Å². The summed E-state index contributed by atoms with van der Waals surface area (Å²) in [4.78, 5) is 12.1. The van der Waals surface area contributed by atoms with Gasteiger partial charge in [-0.05, 0) is 49.7 Å². The van der Waals surface area contributed by atoms with Crippen molar-refractivity contribution in [3.63, 3.8) is 0 Å². The van der Waals surface area contributed by atoms with E-state index in [0.717, 1.165) is 22.6 Å². The molecule has 0 aromatic heterocycles. The summed E-state index contributed by atoms with van der Waals surface area (Å²) in [5, 5.41) is 8.75. The second-order valence-electron chi connectivity index (χ2n) is 5.57. The van der Waals surface area contributed by atoms with Gasteiger partial charge in [0.1, 0.15) is 0 Å². The average Bonchev–Trinajstić information content (AvgIpc) is 2.65. The van der Waals surface area contributed by atoms with Gasteiger partial charge in [-0.15, -0.1) is 0 Å². The van der Waals surface area contributed by atoms with Crippen LogP contribution in [0.4, 0.5) is 21.9 Å². The number of hydrazine groups is 1. The topological polar surface area (TPSA) is 100 Å². The fraction of sp³-hybridized carbons (Fsp3) is 0.211. The zero-order valence-corrected chi connectivity index (χ0v) is 15.0. The van der Waals surface area contributed by atoms with E-state index in [0.29, 0.717) is 18.9 Å². The van der Waals surface area contributed by atoms with Gasteiger partial charge in [-0.25, -0.2) is 4.79 Å². The number of ether oxygens (including phenoxy) is 1. The number of carbonyl (C=O) groups is 1. The predicted octanol–water partition coefficient (Wildman–Crippen LogP) is 3.88. The van der Waals surface area contributed by atoms with Gasteiger partial charge in [-0.1, -0.05) is 18.2 Å². The van der Waals surface area contributed by atoms with Crippen molar-refractivity contribution in [2.24, 2.45) is 5.84 Å². The molecule has 0 heterocycles. The maximum atomic E-state index is 12.1. The maximum Gasteiger partial charge on any atom is 0.323 e. The Morgan fingerprint density at radius 2 is 1.81 bits per heavy atom. The number of anilines is 3. The lowest BCUT2D eigenvalue weighted by Crippen LogP contribution is -2.25. The van der Waals surface area contributed by atoms with Gasteiger partial charge in [0.05, 0.1) is 12.3 Å². The first-order valence-corrected chi connectivity index (χ1v) is 8.36. The second-order valence-corrected chi connectivity index (χ2v) is 5.57. The van der Waals surface area contributed by atoms with Crippen molar-refractivity contribution in [2.75, 3.05) is 29.2 Å². The lowest BCUT2D eigenvalue weighted by Gasteiger charge is -2.11. The minimum absolute atomic E-state index is 0. The first kappa shape index (κ1) is 19.3. The van der Waals surface area contributed by atoms with Crippen LogP contribution in [-0.2, 0) is 4.74 Å². The second kappa shape index (κ2) is 10.1. The summed E-state index contributed by atoms with van der Waals surface area (Å²) >= 11 is 0. The van der Waals surface area contributed by atoms with E-state index >= 15 is 0 Å². The van der Waals surface area contributed by atoms with Crippen molar-refractivity contribution in [1.82, 2.24) is 5.43 Å². The Labute approximate surface area is 156 Å². The van der Waals surface area contributed by atoms with Gasteiger partial charge >= 0.3 is 6.03 Å². The Morgan fingerprint density at radius 1 is 1.12 bits per heavy atom. The highest BCUT2D eigenvalue weighted by Crippen LogP contribution is 2.16. The number of benzene rings is 2. The number of urea groups is 1. The number of hydrogen-bond donors (Lipinski definition) is 5. The number of nitrogens with one attached hydrogen (secondary N) is 4. The molecule has 0 aliphatic heterocycles. The van der Waals surface area contributed by atoms with Crippen LogP contribution in [0.15, 0.2) is 60.4 Å². The highest BCUT2D eigenvalue weighted by Gasteiger charge is 2.04. The molecule has 142 valence electrons. The number of amides is 2.